The summed E-state index contributed by atoms with van der Waals surface area (Å²) in [5.41, 5.74) is 1.64. The number of ether oxygens (including phenoxy) is 5. The Balaban J connectivity index is 1.47. The Morgan fingerprint density at radius 1 is 0.967 bits per heavy atom. The zero-order valence-electron chi connectivity index (χ0n) is 37.5. The van der Waals surface area contributed by atoms with Crippen LogP contribution in [0.1, 0.15) is 117 Å². The third-order valence-electron chi connectivity index (χ3n) is 13.6. The number of nitrogens with zero attached hydrogens (tertiary/aromatic N) is 1. The number of Topliss-reactive ketones (excluding diaryl/α,β-unsaturated/α-hetero) is 2. The molecule has 14 heteroatoms. The van der Waals surface area contributed by atoms with Gasteiger partial charge in [-0.15, -0.1) is 11.3 Å². The zero-order valence-corrected chi connectivity index (χ0v) is 38.3. The van der Waals surface area contributed by atoms with Crippen LogP contribution in [0.3, 0.4) is 0 Å². The highest BCUT2D eigenvalue weighted by atomic mass is 32.1. The van der Waals surface area contributed by atoms with E-state index < -0.39 is 83.9 Å². The molecule has 3 aliphatic heterocycles. The maximum atomic E-state index is 14.4. The molecule has 2 bridgehead atoms. The van der Waals surface area contributed by atoms with E-state index in [9.17, 15) is 34.5 Å². The number of ketones is 2. The maximum absolute atomic E-state index is 14.4. The van der Waals surface area contributed by atoms with Gasteiger partial charge in [-0.3, -0.25) is 14.4 Å². The Bertz CT molecular complexity index is 1700. The summed E-state index contributed by atoms with van der Waals surface area (Å²) in [6.45, 7) is 11.7. The molecule has 1 aromatic rings. The van der Waals surface area contributed by atoms with Crippen molar-refractivity contribution in [1.82, 2.24) is 4.90 Å². The summed E-state index contributed by atoms with van der Waals surface area (Å²) in [5, 5.41) is 36.9. The Kier molecular flexibility index (Phi) is 17.9. The smallest absolute Gasteiger partial charge is 0.329 e. The molecule has 1 aliphatic carbocycles. The molecule has 1 saturated carbocycles. The Labute approximate surface area is 366 Å². The number of esters is 1. The molecule has 14 atom stereocenters. The lowest BCUT2D eigenvalue weighted by Crippen LogP contribution is -2.64. The van der Waals surface area contributed by atoms with Crippen LogP contribution < -0.4 is 0 Å². The number of carbonyl (C=O) groups is 4. The van der Waals surface area contributed by atoms with Gasteiger partial charge in [-0.25, -0.2) is 4.79 Å². The van der Waals surface area contributed by atoms with E-state index in [1.165, 1.54) is 19.1 Å². The number of methoxy groups -OCH3 is 2. The van der Waals surface area contributed by atoms with Crippen LogP contribution in [0.5, 0.6) is 0 Å². The van der Waals surface area contributed by atoms with E-state index in [0.717, 1.165) is 16.9 Å². The predicted octanol–water partition coefficient (Wildman–Crippen LogP) is 6.10. The number of rotatable bonds is 8. The third-order valence-corrected chi connectivity index (χ3v) is 14.5. The van der Waals surface area contributed by atoms with Crippen molar-refractivity contribution in [2.24, 2.45) is 29.6 Å². The van der Waals surface area contributed by atoms with Gasteiger partial charge in [0, 0.05) is 49.8 Å². The molecule has 5 rings (SSSR count). The molecule has 0 radical (unpaired) electrons. The highest BCUT2D eigenvalue weighted by molar-refractivity contribution is 7.09. The number of piperidine rings is 1. The van der Waals surface area contributed by atoms with E-state index in [4.69, 9.17) is 23.7 Å². The van der Waals surface area contributed by atoms with Gasteiger partial charge in [0.05, 0.1) is 37.1 Å². The molecule has 3 fully saturated rings. The number of aliphatic hydroxyl groups is 3. The van der Waals surface area contributed by atoms with E-state index in [2.05, 4.69) is 6.92 Å². The van der Waals surface area contributed by atoms with Crippen molar-refractivity contribution < 1.29 is 58.2 Å². The van der Waals surface area contributed by atoms with Gasteiger partial charge in [-0.05, 0) is 107 Å². The number of hydrogen-bond acceptors (Lipinski definition) is 13. The van der Waals surface area contributed by atoms with Crippen LogP contribution in [0.4, 0.5) is 0 Å². The summed E-state index contributed by atoms with van der Waals surface area (Å²) in [6.07, 6.45) is 3.50. The number of aliphatic hydroxyl groups excluding tert-OH is 2. The second-order valence-electron chi connectivity index (χ2n) is 18.3. The van der Waals surface area contributed by atoms with Crippen LogP contribution in [-0.4, -0.2) is 119 Å². The largest absolute Gasteiger partial charge is 0.456 e. The molecule has 1 amide bonds. The van der Waals surface area contributed by atoms with Gasteiger partial charge >= 0.3 is 5.97 Å². The number of thiophene rings is 1. The summed E-state index contributed by atoms with van der Waals surface area (Å²) in [4.78, 5) is 59.1. The molecule has 4 aliphatic rings. The average molecular weight is 874 g/mol. The van der Waals surface area contributed by atoms with Crippen LogP contribution in [0.15, 0.2) is 40.8 Å². The molecule has 0 aromatic carbocycles. The zero-order chi connectivity index (χ0) is 44.6. The van der Waals surface area contributed by atoms with Gasteiger partial charge in [0.1, 0.15) is 24.0 Å². The first kappa shape index (κ1) is 49.2. The van der Waals surface area contributed by atoms with Gasteiger partial charge in [-0.1, -0.05) is 51.5 Å². The van der Waals surface area contributed by atoms with Crippen molar-refractivity contribution in [3.63, 3.8) is 0 Å². The summed E-state index contributed by atoms with van der Waals surface area (Å²) in [5.74, 6) is -7.64. The normalized spacial score (nSPS) is 39.1. The average Bonchev–Trinajstić information content (AvgIpc) is 3.77. The van der Waals surface area contributed by atoms with Gasteiger partial charge in [0.2, 0.25) is 5.79 Å². The number of amides is 1. The van der Waals surface area contributed by atoms with E-state index in [1.54, 1.807) is 25.2 Å². The predicted molar refractivity (Wildman–Crippen MR) is 230 cm³/mol. The molecule has 13 nitrogen and oxygen atoms in total. The van der Waals surface area contributed by atoms with Crippen molar-refractivity contribution in [2.75, 3.05) is 20.8 Å². The minimum atomic E-state index is -2.51. The minimum Gasteiger partial charge on any atom is -0.456 e. The minimum absolute atomic E-state index is 0.0297. The number of fused-ring (bicyclic) bond motifs is 3. The van der Waals surface area contributed by atoms with E-state index in [0.29, 0.717) is 57.1 Å². The van der Waals surface area contributed by atoms with E-state index in [-0.39, 0.29) is 49.5 Å². The van der Waals surface area contributed by atoms with Crippen molar-refractivity contribution in [3.05, 3.63) is 45.7 Å². The molecular formula is C47H71NO12S. The second kappa shape index (κ2) is 22.2. The van der Waals surface area contributed by atoms with Crippen molar-refractivity contribution in [1.29, 1.82) is 0 Å². The highest BCUT2D eigenvalue weighted by Gasteiger charge is 2.56. The molecule has 61 heavy (non-hydrogen) atoms. The Morgan fingerprint density at radius 3 is 2.34 bits per heavy atom. The lowest BCUT2D eigenvalue weighted by Gasteiger charge is -2.47. The summed E-state index contributed by atoms with van der Waals surface area (Å²) in [6, 6.07) is 2.82. The molecule has 2 saturated heterocycles. The van der Waals surface area contributed by atoms with E-state index >= 15 is 0 Å². The second-order valence-corrected chi connectivity index (χ2v) is 19.3. The van der Waals surface area contributed by atoms with Crippen molar-refractivity contribution >= 4 is 34.8 Å². The number of carbonyl (C=O) groups excluding carboxylic acids is 4. The summed E-state index contributed by atoms with van der Waals surface area (Å²) >= 11 is 1.60. The molecule has 342 valence electrons. The number of allylic oxidation sites excluding steroid dienone is 3. The van der Waals surface area contributed by atoms with Crippen LogP contribution >= 0.6 is 11.3 Å². The number of cyclic esters (lactones) is 1. The van der Waals surface area contributed by atoms with Crippen molar-refractivity contribution in [3.8, 4) is 0 Å². The van der Waals surface area contributed by atoms with Crippen molar-refractivity contribution in [2.45, 2.75) is 173 Å². The van der Waals surface area contributed by atoms with E-state index in [1.807, 2.05) is 50.4 Å². The molecule has 3 N–H and O–H groups in total. The first-order valence-corrected chi connectivity index (χ1v) is 23.3. The van der Waals surface area contributed by atoms with Crippen LogP contribution in [-0.2, 0) is 49.5 Å². The maximum Gasteiger partial charge on any atom is 0.329 e. The fourth-order valence-electron chi connectivity index (χ4n) is 9.92. The van der Waals surface area contributed by atoms with Crippen LogP contribution in [0.25, 0.3) is 0 Å². The standard InChI is InChI=1S/C47H71NO12S/c1-9-33-20-27(2)19-28(3)21-40(56-7)43-41(57-8)23-30(5)47(55,60-43)44(52)45(53)48-17-11-10-14-35(48)46(54)59-42(31(6)36(49)25-37(33)50)29(4)22-32-15-16-39(38(51)24-32)58-26-34-13-12-18-61-34/h12-13,18,20,22,28,30-33,35-36,38-43,49,51,55H,9-11,14-17,19,21,23-26H2,1-8H3/b27-20+,29-22+/t28-,30-,31+,32-,33+,35-,36-,38+,39+,40-,41-,42+,43+,47?/m0/s1. The SMILES string of the molecule is CC[C@@H]1/C=C(\C)C[C@H](C)C[C@H](OC)[C@H]2OC(O)(C(=O)C(=O)N3CCCC[C@H]3C(=O)O[C@H](/C(C)=C/[C@@H]3CC[C@@H](OCc4cccs4)[C@H](O)C3)[C@H](C)[C@@H](O)CC1=O)[C@@H](C)C[C@@H]2OC. The molecular weight excluding hydrogens is 803 g/mol. The highest BCUT2D eigenvalue weighted by Crippen LogP contribution is 2.39. The molecule has 1 aromatic heterocycles. The first-order chi connectivity index (χ1) is 29.0. The van der Waals surface area contributed by atoms with Crippen LogP contribution in [0.2, 0.25) is 0 Å². The molecule has 1 unspecified atom stereocenters. The van der Waals surface area contributed by atoms with Crippen LogP contribution in [0, 0.1) is 29.6 Å². The molecule has 0 spiro atoms. The van der Waals surface area contributed by atoms with Gasteiger partial charge in [0.25, 0.3) is 11.7 Å². The topological polar surface area (TPSA) is 178 Å². The summed E-state index contributed by atoms with van der Waals surface area (Å²) < 4.78 is 30.4. The summed E-state index contributed by atoms with van der Waals surface area (Å²) in [7, 11) is 3.07. The lowest BCUT2D eigenvalue weighted by atomic mass is 9.81. The Hall–Kier alpha value is -2.82. The van der Waals surface area contributed by atoms with Gasteiger partial charge in [-0.2, -0.15) is 0 Å². The lowest BCUT2D eigenvalue weighted by molar-refractivity contribution is -0.302. The fraction of sp³-hybridized carbons (Fsp3) is 0.745. The monoisotopic (exact) mass is 873 g/mol. The first-order valence-electron chi connectivity index (χ1n) is 22.4. The number of hydrogen-bond donors (Lipinski definition) is 3. The fourth-order valence-corrected chi connectivity index (χ4v) is 10.5. The van der Waals surface area contributed by atoms with Gasteiger partial charge < -0.3 is 43.9 Å². The molecule has 4 heterocycles. The third kappa shape index (κ3) is 12.1. The van der Waals surface area contributed by atoms with Gasteiger partial charge in [0.15, 0.2) is 0 Å². The quantitative estimate of drug-likeness (QED) is 0.156. The Morgan fingerprint density at radius 2 is 1.69 bits per heavy atom.